The van der Waals surface area contributed by atoms with Gasteiger partial charge in [-0.25, -0.2) is 4.98 Å². The first-order valence-electron chi connectivity index (χ1n) is 14.4. The maximum absolute atomic E-state index is 13.6. The minimum absolute atomic E-state index is 0.110. The predicted molar refractivity (Wildman–Crippen MR) is 190 cm³/mol. The molecule has 0 fully saturated rings. The van der Waals surface area contributed by atoms with Crippen LogP contribution < -0.4 is 16.0 Å². The quantitative estimate of drug-likeness (QED) is 0.101. The Morgan fingerprint density at radius 2 is 1.57 bits per heavy atom. The van der Waals surface area contributed by atoms with E-state index in [-0.39, 0.29) is 22.8 Å². The van der Waals surface area contributed by atoms with Crippen LogP contribution in [0.5, 0.6) is 0 Å². The van der Waals surface area contributed by atoms with Crippen molar-refractivity contribution in [2.75, 3.05) is 10.6 Å². The molecule has 0 aliphatic heterocycles. The SMILES string of the molecule is CC(Sc1ccc(NC(=O)/C(=C/c2cccc3ccccc23)NC(=O)c2ccccc2)cc1)C(=O)Nc1nc(-c2cccs2)cs1. The van der Waals surface area contributed by atoms with Crippen LogP contribution in [0.2, 0.25) is 0 Å². The summed E-state index contributed by atoms with van der Waals surface area (Å²) in [6, 6.07) is 33.7. The summed E-state index contributed by atoms with van der Waals surface area (Å²) in [6.45, 7) is 1.84. The first-order valence-corrected chi connectivity index (χ1v) is 17.0. The molecule has 0 radical (unpaired) electrons. The van der Waals surface area contributed by atoms with Gasteiger partial charge in [-0.1, -0.05) is 66.7 Å². The number of benzene rings is 4. The van der Waals surface area contributed by atoms with Crippen LogP contribution in [-0.4, -0.2) is 28.0 Å². The highest BCUT2D eigenvalue weighted by atomic mass is 32.2. The molecule has 2 heterocycles. The third kappa shape index (κ3) is 7.60. The lowest BCUT2D eigenvalue weighted by Crippen LogP contribution is -2.30. The molecule has 6 aromatic rings. The summed E-state index contributed by atoms with van der Waals surface area (Å²) in [5.74, 6) is -0.996. The topological polar surface area (TPSA) is 100 Å². The van der Waals surface area contributed by atoms with E-state index in [2.05, 4.69) is 20.9 Å². The molecular formula is C36H28N4O3S3. The highest BCUT2D eigenvalue weighted by molar-refractivity contribution is 8.00. The Labute approximate surface area is 278 Å². The number of hydrogen-bond acceptors (Lipinski definition) is 7. The Hall–Kier alpha value is -5.03. The highest BCUT2D eigenvalue weighted by Gasteiger charge is 2.18. The number of thioether (sulfide) groups is 1. The van der Waals surface area contributed by atoms with Crippen molar-refractivity contribution in [1.82, 2.24) is 10.3 Å². The van der Waals surface area contributed by atoms with Crippen LogP contribution in [0.1, 0.15) is 22.8 Å². The fraction of sp³-hybridized carbons (Fsp3) is 0.0556. The molecular weight excluding hydrogens is 633 g/mol. The molecule has 1 atom stereocenters. The van der Waals surface area contributed by atoms with Gasteiger partial charge in [0, 0.05) is 21.5 Å². The van der Waals surface area contributed by atoms with Crippen LogP contribution in [0.25, 0.3) is 27.4 Å². The van der Waals surface area contributed by atoms with Crippen molar-refractivity contribution < 1.29 is 14.4 Å². The van der Waals surface area contributed by atoms with Crippen LogP contribution >= 0.6 is 34.4 Å². The number of anilines is 2. The van der Waals surface area contributed by atoms with E-state index in [1.54, 1.807) is 53.8 Å². The molecule has 2 aromatic heterocycles. The predicted octanol–water partition coefficient (Wildman–Crippen LogP) is 8.55. The second-order valence-electron chi connectivity index (χ2n) is 10.2. The van der Waals surface area contributed by atoms with E-state index in [1.165, 1.54) is 23.1 Å². The van der Waals surface area contributed by atoms with Gasteiger partial charge >= 0.3 is 0 Å². The molecule has 0 saturated heterocycles. The number of thiophene rings is 1. The number of carbonyl (C=O) groups is 3. The fourth-order valence-corrected chi connectivity index (χ4v) is 6.96. The largest absolute Gasteiger partial charge is 0.321 e. The zero-order chi connectivity index (χ0) is 31.9. The van der Waals surface area contributed by atoms with Crippen molar-refractivity contribution in [3.63, 3.8) is 0 Å². The van der Waals surface area contributed by atoms with Crippen molar-refractivity contribution >= 4 is 79.8 Å². The molecule has 0 aliphatic rings. The molecule has 10 heteroatoms. The van der Waals surface area contributed by atoms with Crippen LogP contribution in [0, 0.1) is 0 Å². The summed E-state index contributed by atoms with van der Waals surface area (Å²) in [7, 11) is 0. The average molecular weight is 661 g/mol. The zero-order valence-corrected chi connectivity index (χ0v) is 27.0. The Bertz CT molecular complexity index is 2020. The number of thiazole rings is 1. The van der Waals surface area contributed by atoms with Gasteiger partial charge in [0.1, 0.15) is 5.70 Å². The van der Waals surface area contributed by atoms with Crippen molar-refractivity contribution in [3.05, 3.63) is 137 Å². The molecule has 0 spiro atoms. The first kappa shape index (κ1) is 31.0. The average Bonchev–Trinajstić information content (AvgIpc) is 3.79. The third-order valence-electron chi connectivity index (χ3n) is 6.95. The number of hydrogen-bond donors (Lipinski definition) is 3. The minimum Gasteiger partial charge on any atom is -0.321 e. The van der Waals surface area contributed by atoms with E-state index in [0.717, 1.165) is 31.8 Å². The van der Waals surface area contributed by atoms with Gasteiger partial charge in [-0.2, -0.15) is 0 Å². The van der Waals surface area contributed by atoms with Crippen molar-refractivity contribution in [2.24, 2.45) is 0 Å². The molecule has 0 bridgehead atoms. The van der Waals surface area contributed by atoms with E-state index in [9.17, 15) is 14.4 Å². The Balaban J connectivity index is 1.13. The molecule has 0 saturated carbocycles. The number of nitrogens with one attached hydrogen (secondary N) is 3. The van der Waals surface area contributed by atoms with E-state index >= 15 is 0 Å². The zero-order valence-electron chi connectivity index (χ0n) is 24.6. The molecule has 228 valence electrons. The molecule has 0 aliphatic carbocycles. The van der Waals surface area contributed by atoms with E-state index in [4.69, 9.17) is 0 Å². The summed E-state index contributed by atoms with van der Waals surface area (Å²) < 4.78 is 0. The second kappa shape index (κ2) is 14.4. The van der Waals surface area contributed by atoms with Crippen LogP contribution in [0.3, 0.4) is 0 Å². The Morgan fingerprint density at radius 1 is 0.804 bits per heavy atom. The van der Waals surface area contributed by atoms with Gasteiger partial charge in [-0.3, -0.25) is 14.4 Å². The first-order chi connectivity index (χ1) is 22.4. The number of fused-ring (bicyclic) bond motifs is 1. The maximum Gasteiger partial charge on any atom is 0.272 e. The summed E-state index contributed by atoms with van der Waals surface area (Å²) in [5, 5.41) is 14.7. The number of nitrogens with zero attached hydrogens (tertiary/aromatic N) is 1. The number of rotatable bonds is 10. The number of carbonyl (C=O) groups excluding carboxylic acids is 3. The van der Waals surface area contributed by atoms with E-state index in [0.29, 0.717) is 16.4 Å². The molecule has 6 rings (SSSR count). The van der Waals surface area contributed by atoms with Crippen LogP contribution in [-0.2, 0) is 9.59 Å². The lowest BCUT2D eigenvalue weighted by molar-refractivity contribution is -0.115. The van der Waals surface area contributed by atoms with Gasteiger partial charge in [0.15, 0.2) is 5.13 Å². The lowest BCUT2D eigenvalue weighted by atomic mass is 10.0. The van der Waals surface area contributed by atoms with Crippen LogP contribution in [0.15, 0.2) is 131 Å². The smallest absolute Gasteiger partial charge is 0.272 e. The molecule has 3 amide bonds. The van der Waals surface area contributed by atoms with E-state index < -0.39 is 5.91 Å². The fourth-order valence-electron chi connectivity index (χ4n) is 4.62. The van der Waals surface area contributed by atoms with Crippen LogP contribution in [0.4, 0.5) is 10.8 Å². The van der Waals surface area contributed by atoms with E-state index in [1.807, 2.05) is 90.5 Å². The van der Waals surface area contributed by atoms with Gasteiger partial charge in [0.05, 0.1) is 15.8 Å². The second-order valence-corrected chi connectivity index (χ2v) is 13.4. The summed E-state index contributed by atoms with van der Waals surface area (Å²) in [6.07, 6.45) is 1.69. The Kier molecular flexibility index (Phi) is 9.68. The lowest BCUT2D eigenvalue weighted by Gasteiger charge is -2.13. The van der Waals surface area contributed by atoms with Crippen molar-refractivity contribution in [2.45, 2.75) is 17.1 Å². The van der Waals surface area contributed by atoms with Gasteiger partial charge < -0.3 is 16.0 Å². The molecule has 1 unspecified atom stereocenters. The monoisotopic (exact) mass is 660 g/mol. The van der Waals surface area contributed by atoms with Crippen molar-refractivity contribution in [1.29, 1.82) is 0 Å². The molecule has 46 heavy (non-hydrogen) atoms. The standard InChI is InChI=1S/C36H28N4O3S3/c1-23(33(41)40-36-39-31(22-45-36)32-15-8-20-44-32)46-28-18-16-27(17-19-28)37-35(43)30(38-34(42)25-10-3-2-4-11-25)21-26-13-7-12-24-9-5-6-14-29(24)26/h2-23H,1H3,(H,37,43)(H,38,42)(H,39,40,41)/b30-21-. The van der Waals surface area contributed by atoms with Gasteiger partial charge in [-0.15, -0.1) is 34.4 Å². The maximum atomic E-state index is 13.6. The summed E-state index contributed by atoms with van der Waals surface area (Å²) in [5.41, 5.74) is 2.75. The molecule has 4 aromatic carbocycles. The van der Waals surface area contributed by atoms with Gasteiger partial charge in [0.2, 0.25) is 5.91 Å². The normalized spacial score (nSPS) is 12.0. The molecule has 7 nitrogen and oxygen atoms in total. The highest BCUT2D eigenvalue weighted by Crippen LogP contribution is 2.30. The van der Waals surface area contributed by atoms with Gasteiger partial charge in [-0.05, 0) is 77.2 Å². The molecule has 3 N–H and O–H groups in total. The van der Waals surface area contributed by atoms with Gasteiger partial charge in [0.25, 0.3) is 11.8 Å². The third-order valence-corrected chi connectivity index (χ3v) is 9.72. The summed E-state index contributed by atoms with van der Waals surface area (Å²) >= 11 is 4.40. The number of aromatic nitrogens is 1. The minimum atomic E-state index is -0.462. The Morgan fingerprint density at radius 3 is 2.35 bits per heavy atom. The summed E-state index contributed by atoms with van der Waals surface area (Å²) in [4.78, 5) is 45.9. The number of amides is 3. The van der Waals surface area contributed by atoms with Crippen molar-refractivity contribution in [3.8, 4) is 10.6 Å².